The van der Waals surface area contributed by atoms with Crippen LogP contribution in [0.25, 0.3) is 0 Å². The number of rotatable bonds is 8. The third kappa shape index (κ3) is 6.40. The molecule has 34 heavy (non-hydrogen) atoms. The number of hydrogen-bond donors (Lipinski definition) is 0. The minimum Gasteiger partial charge on any atom is -0.861 e. The standard InChI is InChI=1S/C27H27N3O3.Ni/c31-25(32)18-28-26(21-12-5-2-6-13-21)22-14-7-8-15-23(22)29-27(33)24-16-9-17-30(24)19-20-10-3-1-4-11-20;/h1-8,10-15,24H,9,16-19H2,(H,29,33)(H,31,32);/q;+2/p-2/t24-;/m0./s1. The van der Waals surface area contributed by atoms with E-state index in [1.54, 1.807) is 6.07 Å². The average molecular weight is 498 g/mol. The van der Waals surface area contributed by atoms with Gasteiger partial charge in [-0.05, 0) is 36.9 Å². The normalized spacial score (nSPS) is 16.8. The number of carbonyl (C=O) groups is 1. The number of likely N-dealkylation sites (tertiary alicyclic amines) is 1. The Balaban J connectivity index is 0.00000324. The molecule has 4 rings (SSSR count). The van der Waals surface area contributed by atoms with Gasteiger partial charge in [0.25, 0.3) is 0 Å². The zero-order valence-electron chi connectivity index (χ0n) is 18.6. The number of benzene rings is 3. The summed E-state index contributed by atoms with van der Waals surface area (Å²) in [5, 5.41) is 24.3. The van der Waals surface area contributed by atoms with Crippen molar-refractivity contribution < 1.29 is 31.5 Å². The monoisotopic (exact) mass is 497 g/mol. The number of para-hydroxylation sites is 1. The van der Waals surface area contributed by atoms with Crippen molar-refractivity contribution in [2.45, 2.75) is 25.4 Å². The second kappa shape index (κ2) is 12.3. The fourth-order valence-corrected chi connectivity index (χ4v) is 4.15. The van der Waals surface area contributed by atoms with E-state index in [1.165, 1.54) is 5.56 Å². The van der Waals surface area contributed by atoms with Crippen molar-refractivity contribution in [3.63, 3.8) is 0 Å². The SMILES string of the molecule is O=C([O-])CN=C(c1ccccc1)c1ccccc1N=C([O-])[C@@H]1CCCN1Cc1ccccc1.[Ni+2]. The first kappa shape index (κ1) is 25.3. The van der Waals surface area contributed by atoms with E-state index in [2.05, 4.69) is 27.0 Å². The predicted octanol–water partition coefficient (Wildman–Crippen LogP) is 2.33. The van der Waals surface area contributed by atoms with Crippen LogP contribution in [0.15, 0.2) is 94.9 Å². The van der Waals surface area contributed by atoms with Gasteiger partial charge in [-0.25, -0.2) is 0 Å². The maximum atomic E-state index is 13.2. The van der Waals surface area contributed by atoms with Gasteiger partial charge in [-0.2, -0.15) is 0 Å². The maximum absolute atomic E-state index is 13.2. The molecule has 1 heterocycles. The third-order valence-electron chi connectivity index (χ3n) is 5.68. The second-order valence-corrected chi connectivity index (χ2v) is 7.98. The smallest absolute Gasteiger partial charge is 0.861 e. The van der Waals surface area contributed by atoms with Crippen LogP contribution in [0, 0.1) is 0 Å². The van der Waals surface area contributed by atoms with E-state index in [4.69, 9.17) is 0 Å². The summed E-state index contributed by atoms with van der Waals surface area (Å²) in [6.45, 7) is 1.08. The molecule has 0 N–H and O–H groups in total. The topological polar surface area (TPSA) is 91.1 Å². The molecule has 1 atom stereocenters. The van der Waals surface area contributed by atoms with E-state index in [1.807, 2.05) is 66.7 Å². The van der Waals surface area contributed by atoms with Gasteiger partial charge in [-0.1, -0.05) is 78.9 Å². The first-order chi connectivity index (χ1) is 16.1. The molecule has 0 aliphatic carbocycles. The van der Waals surface area contributed by atoms with Crippen molar-refractivity contribution in [2.24, 2.45) is 9.98 Å². The zero-order chi connectivity index (χ0) is 23.0. The molecule has 0 unspecified atom stereocenters. The second-order valence-electron chi connectivity index (χ2n) is 7.98. The van der Waals surface area contributed by atoms with Crippen LogP contribution in [-0.4, -0.2) is 41.6 Å². The van der Waals surface area contributed by atoms with Gasteiger partial charge in [0.1, 0.15) is 0 Å². The van der Waals surface area contributed by atoms with Gasteiger partial charge in [0.05, 0.1) is 23.9 Å². The minimum absolute atomic E-state index is 0. The molecule has 0 saturated carbocycles. The van der Waals surface area contributed by atoms with Crippen molar-refractivity contribution in [1.29, 1.82) is 0 Å². The van der Waals surface area contributed by atoms with Crippen molar-refractivity contribution in [3.8, 4) is 0 Å². The van der Waals surface area contributed by atoms with Crippen LogP contribution in [0.3, 0.4) is 0 Å². The van der Waals surface area contributed by atoms with Crippen molar-refractivity contribution in [2.75, 3.05) is 13.1 Å². The summed E-state index contributed by atoms with van der Waals surface area (Å²) in [5.74, 6) is -1.46. The number of carboxylic acids is 1. The molecule has 3 aromatic carbocycles. The van der Waals surface area contributed by atoms with Crippen LogP contribution in [0.1, 0.15) is 29.5 Å². The van der Waals surface area contributed by atoms with E-state index in [0.717, 1.165) is 24.9 Å². The molecule has 6 nitrogen and oxygen atoms in total. The maximum Gasteiger partial charge on any atom is 2.00 e. The van der Waals surface area contributed by atoms with E-state index < -0.39 is 12.5 Å². The van der Waals surface area contributed by atoms with Gasteiger partial charge in [0, 0.05) is 23.7 Å². The van der Waals surface area contributed by atoms with Crippen LogP contribution < -0.4 is 10.2 Å². The molecule has 0 spiro atoms. The zero-order valence-corrected chi connectivity index (χ0v) is 19.6. The van der Waals surface area contributed by atoms with E-state index in [0.29, 0.717) is 23.5 Å². The Hall–Kier alpha value is -3.28. The summed E-state index contributed by atoms with van der Waals surface area (Å²) < 4.78 is 0. The van der Waals surface area contributed by atoms with E-state index >= 15 is 0 Å². The summed E-state index contributed by atoms with van der Waals surface area (Å²) in [6.07, 6.45) is 1.71. The van der Waals surface area contributed by atoms with Gasteiger partial charge < -0.3 is 15.0 Å². The van der Waals surface area contributed by atoms with Crippen LogP contribution in [0.4, 0.5) is 5.69 Å². The van der Waals surface area contributed by atoms with E-state index in [9.17, 15) is 15.0 Å². The van der Waals surface area contributed by atoms with Gasteiger partial charge in [0.2, 0.25) is 0 Å². The van der Waals surface area contributed by atoms with Crippen molar-refractivity contribution in [1.82, 2.24) is 4.90 Å². The van der Waals surface area contributed by atoms with Gasteiger partial charge in [-0.15, -0.1) is 0 Å². The van der Waals surface area contributed by atoms with Gasteiger partial charge in [0.15, 0.2) is 0 Å². The Labute approximate surface area is 209 Å². The molecule has 0 amide bonds. The Kier molecular flexibility index (Phi) is 9.14. The Morgan fingerprint density at radius 2 is 1.56 bits per heavy atom. The number of aliphatic carboxylic acids is 1. The summed E-state index contributed by atoms with van der Waals surface area (Å²) in [6, 6.07) is 26.3. The Morgan fingerprint density at radius 1 is 0.912 bits per heavy atom. The summed E-state index contributed by atoms with van der Waals surface area (Å²) in [7, 11) is 0. The van der Waals surface area contributed by atoms with Gasteiger partial charge in [-0.3, -0.25) is 14.9 Å². The third-order valence-corrected chi connectivity index (χ3v) is 5.68. The Bertz CT molecular complexity index is 1150. The molecular formula is C27H25N3NiO3. The Morgan fingerprint density at radius 3 is 2.26 bits per heavy atom. The van der Waals surface area contributed by atoms with Crippen molar-refractivity contribution >= 4 is 23.3 Å². The number of hydrogen-bond acceptors (Lipinski definition) is 6. The van der Waals surface area contributed by atoms with E-state index in [-0.39, 0.29) is 28.4 Å². The molecule has 1 aliphatic rings. The molecule has 0 aromatic heterocycles. The molecule has 0 radical (unpaired) electrons. The van der Waals surface area contributed by atoms with Crippen LogP contribution in [0.5, 0.6) is 0 Å². The van der Waals surface area contributed by atoms with Crippen LogP contribution in [0.2, 0.25) is 0 Å². The fraction of sp³-hybridized carbons (Fsp3) is 0.222. The predicted molar refractivity (Wildman–Crippen MR) is 125 cm³/mol. The molecule has 1 saturated heterocycles. The molecule has 3 aromatic rings. The van der Waals surface area contributed by atoms with Crippen LogP contribution in [-0.2, 0) is 27.8 Å². The molecule has 0 bridgehead atoms. The summed E-state index contributed by atoms with van der Waals surface area (Å²) in [5.41, 5.74) is 3.49. The summed E-state index contributed by atoms with van der Waals surface area (Å²) in [4.78, 5) is 22.0. The molecular weight excluding hydrogens is 473 g/mol. The minimum atomic E-state index is -1.27. The number of aliphatic imine (C=N–C) groups is 2. The van der Waals surface area contributed by atoms with Crippen molar-refractivity contribution in [3.05, 3.63) is 102 Å². The quantitative estimate of drug-likeness (QED) is 0.271. The molecule has 1 fully saturated rings. The van der Waals surface area contributed by atoms with Gasteiger partial charge >= 0.3 is 16.5 Å². The first-order valence-electron chi connectivity index (χ1n) is 11.0. The van der Waals surface area contributed by atoms with Crippen LogP contribution >= 0.6 is 0 Å². The fourth-order valence-electron chi connectivity index (χ4n) is 4.15. The largest absolute Gasteiger partial charge is 2.00 e. The number of carbonyl (C=O) groups excluding carboxylic acids is 1. The molecule has 176 valence electrons. The number of nitrogens with zero attached hydrogens (tertiary/aromatic N) is 3. The average Bonchev–Trinajstić information content (AvgIpc) is 3.29. The molecule has 1 aliphatic heterocycles. The number of carboxylic acid groups (broad SMARTS) is 1. The molecule has 7 heteroatoms. The summed E-state index contributed by atoms with van der Waals surface area (Å²) >= 11 is 0. The first-order valence-corrected chi connectivity index (χ1v) is 11.0.